The van der Waals surface area contributed by atoms with Crippen LogP contribution in [0.3, 0.4) is 0 Å². The average Bonchev–Trinajstić information content (AvgIpc) is 2.42. The van der Waals surface area contributed by atoms with Crippen molar-refractivity contribution in [1.29, 1.82) is 0 Å². The highest BCUT2D eigenvalue weighted by molar-refractivity contribution is 5.26. The Kier molecular flexibility index (Phi) is 6.31. The molecule has 2 rings (SSSR count). The van der Waals surface area contributed by atoms with Crippen molar-refractivity contribution in [3.05, 3.63) is 24.0 Å². The van der Waals surface area contributed by atoms with Crippen molar-refractivity contribution in [3.63, 3.8) is 0 Å². The fraction of sp³-hybridized carbons (Fsp3) is 0.706. The largest absolute Gasteiger partial charge is 0.492 e. The Balaban J connectivity index is 2.10. The molecule has 1 N–H and O–H groups in total. The van der Waals surface area contributed by atoms with Crippen molar-refractivity contribution in [2.45, 2.75) is 57.9 Å². The van der Waals surface area contributed by atoms with E-state index in [4.69, 9.17) is 4.74 Å². The van der Waals surface area contributed by atoms with Gasteiger partial charge in [-0.15, -0.1) is 0 Å². The summed E-state index contributed by atoms with van der Waals surface area (Å²) < 4.78 is 5.58. The number of hydrogen-bond donors (Lipinski definition) is 1. The third-order valence-corrected chi connectivity index (χ3v) is 4.34. The molecule has 3 heteroatoms. The van der Waals surface area contributed by atoms with Crippen LogP contribution in [0, 0.1) is 5.92 Å². The lowest BCUT2D eigenvalue weighted by atomic mass is 9.83. The van der Waals surface area contributed by atoms with Crippen molar-refractivity contribution >= 4 is 0 Å². The molecular formula is C17H28N2O. The summed E-state index contributed by atoms with van der Waals surface area (Å²) in [6.45, 7) is 2.70. The molecule has 1 fully saturated rings. The highest BCUT2D eigenvalue weighted by Gasteiger charge is 2.22. The SMILES string of the molecule is CCOc1cncc(C(NC)C2CCCCCCC2)c1. The van der Waals surface area contributed by atoms with Gasteiger partial charge in [0.25, 0.3) is 0 Å². The van der Waals surface area contributed by atoms with Crippen LogP contribution in [0.15, 0.2) is 18.5 Å². The Morgan fingerprint density at radius 3 is 2.55 bits per heavy atom. The minimum Gasteiger partial charge on any atom is -0.492 e. The van der Waals surface area contributed by atoms with Crippen molar-refractivity contribution in [1.82, 2.24) is 10.3 Å². The lowest BCUT2D eigenvalue weighted by molar-refractivity contribution is 0.296. The molecule has 112 valence electrons. The van der Waals surface area contributed by atoms with Gasteiger partial charge in [-0.05, 0) is 44.4 Å². The molecule has 1 unspecified atom stereocenters. The lowest BCUT2D eigenvalue weighted by Crippen LogP contribution is -2.26. The predicted molar refractivity (Wildman–Crippen MR) is 83.0 cm³/mol. The number of aromatic nitrogens is 1. The summed E-state index contributed by atoms with van der Waals surface area (Å²) in [4.78, 5) is 4.34. The summed E-state index contributed by atoms with van der Waals surface area (Å²) in [5, 5.41) is 3.51. The van der Waals surface area contributed by atoms with E-state index >= 15 is 0 Å². The van der Waals surface area contributed by atoms with Crippen LogP contribution in [0.25, 0.3) is 0 Å². The van der Waals surface area contributed by atoms with E-state index in [-0.39, 0.29) is 0 Å². The Labute approximate surface area is 123 Å². The first-order valence-electron chi connectivity index (χ1n) is 8.10. The van der Waals surface area contributed by atoms with Gasteiger partial charge in [-0.2, -0.15) is 0 Å². The van der Waals surface area contributed by atoms with E-state index in [1.165, 1.54) is 50.5 Å². The Morgan fingerprint density at radius 2 is 1.90 bits per heavy atom. The van der Waals surface area contributed by atoms with Gasteiger partial charge < -0.3 is 10.1 Å². The minimum atomic E-state index is 0.404. The van der Waals surface area contributed by atoms with Crippen molar-refractivity contribution in [2.24, 2.45) is 5.92 Å². The van der Waals surface area contributed by atoms with Crippen LogP contribution in [0.4, 0.5) is 0 Å². The van der Waals surface area contributed by atoms with E-state index < -0.39 is 0 Å². The molecule has 0 bridgehead atoms. The summed E-state index contributed by atoms with van der Waals surface area (Å²) in [5.41, 5.74) is 1.27. The van der Waals surface area contributed by atoms with Gasteiger partial charge in [-0.1, -0.05) is 32.1 Å². The topological polar surface area (TPSA) is 34.1 Å². The number of ether oxygens (including phenoxy) is 1. The van der Waals surface area contributed by atoms with Gasteiger partial charge in [0.05, 0.1) is 12.8 Å². The van der Waals surface area contributed by atoms with Crippen LogP contribution in [0.2, 0.25) is 0 Å². The zero-order valence-electron chi connectivity index (χ0n) is 12.9. The number of nitrogens with zero attached hydrogens (tertiary/aromatic N) is 1. The van der Waals surface area contributed by atoms with E-state index in [9.17, 15) is 0 Å². The van der Waals surface area contributed by atoms with Gasteiger partial charge in [0, 0.05) is 12.2 Å². The second kappa shape index (κ2) is 8.25. The molecular weight excluding hydrogens is 248 g/mol. The van der Waals surface area contributed by atoms with Crippen LogP contribution in [-0.4, -0.2) is 18.6 Å². The molecule has 0 aromatic carbocycles. The lowest BCUT2D eigenvalue weighted by Gasteiger charge is -2.29. The van der Waals surface area contributed by atoms with Gasteiger partial charge in [0.1, 0.15) is 5.75 Å². The fourth-order valence-electron chi connectivity index (χ4n) is 3.35. The third kappa shape index (κ3) is 4.20. The first-order chi connectivity index (χ1) is 9.85. The number of nitrogens with one attached hydrogen (secondary N) is 1. The van der Waals surface area contributed by atoms with E-state index in [0.717, 1.165) is 11.7 Å². The van der Waals surface area contributed by atoms with Crippen LogP contribution in [0.5, 0.6) is 5.75 Å². The molecule has 1 heterocycles. The zero-order chi connectivity index (χ0) is 14.2. The molecule has 3 nitrogen and oxygen atoms in total. The molecule has 0 aliphatic heterocycles. The van der Waals surface area contributed by atoms with Crippen molar-refractivity contribution < 1.29 is 4.74 Å². The highest BCUT2D eigenvalue weighted by Crippen LogP contribution is 2.33. The summed E-state index contributed by atoms with van der Waals surface area (Å²) in [7, 11) is 2.07. The Bertz CT molecular complexity index is 386. The van der Waals surface area contributed by atoms with Crippen LogP contribution in [-0.2, 0) is 0 Å². The maximum atomic E-state index is 5.58. The third-order valence-electron chi connectivity index (χ3n) is 4.34. The van der Waals surface area contributed by atoms with Gasteiger partial charge in [0.2, 0.25) is 0 Å². The van der Waals surface area contributed by atoms with Gasteiger partial charge in [-0.25, -0.2) is 0 Å². The maximum absolute atomic E-state index is 5.58. The first kappa shape index (κ1) is 15.3. The molecule has 1 aliphatic carbocycles. The van der Waals surface area contributed by atoms with E-state index in [2.05, 4.69) is 23.4 Å². The van der Waals surface area contributed by atoms with Crippen molar-refractivity contribution in [2.75, 3.05) is 13.7 Å². The molecule has 0 spiro atoms. The monoisotopic (exact) mass is 276 g/mol. The fourth-order valence-corrected chi connectivity index (χ4v) is 3.35. The number of rotatable bonds is 5. The second-order valence-electron chi connectivity index (χ2n) is 5.76. The molecule has 1 aromatic heterocycles. The Morgan fingerprint density at radius 1 is 1.20 bits per heavy atom. The van der Waals surface area contributed by atoms with Crippen LogP contribution < -0.4 is 10.1 Å². The van der Waals surface area contributed by atoms with E-state index in [1.54, 1.807) is 6.20 Å². The van der Waals surface area contributed by atoms with E-state index in [0.29, 0.717) is 12.6 Å². The molecule has 0 radical (unpaired) electrons. The van der Waals surface area contributed by atoms with Gasteiger partial charge in [0.15, 0.2) is 0 Å². The second-order valence-corrected chi connectivity index (χ2v) is 5.76. The zero-order valence-corrected chi connectivity index (χ0v) is 12.9. The molecule has 0 amide bonds. The summed E-state index contributed by atoms with van der Waals surface area (Å²) in [6.07, 6.45) is 13.4. The van der Waals surface area contributed by atoms with Gasteiger partial charge in [-0.3, -0.25) is 4.98 Å². The van der Waals surface area contributed by atoms with Crippen LogP contribution >= 0.6 is 0 Å². The standard InChI is InChI=1S/C17H28N2O/c1-3-20-16-11-15(12-19-13-16)17(18-2)14-9-7-5-4-6-8-10-14/h11-14,17-18H,3-10H2,1-2H3. The summed E-state index contributed by atoms with van der Waals surface area (Å²) in [5.74, 6) is 1.61. The summed E-state index contributed by atoms with van der Waals surface area (Å²) in [6, 6.07) is 2.55. The molecule has 20 heavy (non-hydrogen) atoms. The summed E-state index contributed by atoms with van der Waals surface area (Å²) >= 11 is 0. The Hall–Kier alpha value is -1.09. The van der Waals surface area contributed by atoms with E-state index in [1.807, 2.05) is 13.1 Å². The first-order valence-corrected chi connectivity index (χ1v) is 8.10. The average molecular weight is 276 g/mol. The normalized spacial score (nSPS) is 19.1. The molecule has 1 atom stereocenters. The minimum absolute atomic E-state index is 0.404. The predicted octanol–water partition coefficient (Wildman–Crippen LogP) is 4.10. The highest BCUT2D eigenvalue weighted by atomic mass is 16.5. The number of pyridine rings is 1. The number of hydrogen-bond acceptors (Lipinski definition) is 3. The molecule has 1 aliphatic rings. The molecule has 1 saturated carbocycles. The van der Waals surface area contributed by atoms with Gasteiger partial charge >= 0.3 is 0 Å². The quantitative estimate of drug-likeness (QED) is 0.879. The molecule has 0 saturated heterocycles. The maximum Gasteiger partial charge on any atom is 0.137 e. The smallest absolute Gasteiger partial charge is 0.137 e. The van der Waals surface area contributed by atoms with Crippen molar-refractivity contribution in [3.8, 4) is 5.75 Å². The van der Waals surface area contributed by atoms with Crippen LogP contribution in [0.1, 0.15) is 63.5 Å². The molecule has 1 aromatic rings.